The molecule has 0 amide bonds. The van der Waals surface area contributed by atoms with Crippen molar-refractivity contribution >= 4 is 0 Å². The number of rotatable bonds is 5. The van der Waals surface area contributed by atoms with Gasteiger partial charge in [-0.25, -0.2) is 0 Å². The minimum absolute atomic E-state index is 0.394. The summed E-state index contributed by atoms with van der Waals surface area (Å²) >= 11 is 0. The summed E-state index contributed by atoms with van der Waals surface area (Å²) in [4.78, 5) is 6.72. The Balaban J connectivity index is 1.99. The van der Waals surface area contributed by atoms with Crippen molar-refractivity contribution in [2.45, 2.75) is 32.9 Å². The highest BCUT2D eigenvalue weighted by Gasteiger charge is 2.11. The van der Waals surface area contributed by atoms with E-state index in [0.717, 1.165) is 18.7 Å². The number of benzene rings is 1. The third-order valence-corrected chi connectivity index (χ3v) is 3.72. The summed E-state index contributed by atoms with van der Waals surface area (Å²) in [5, 5.41) is 8.95. The standard InChI is InChI=1S/C18H21N3/c1-14-7-8-20-18(9-14)10-15(2)21(3)13-17-6-4-5-16(11-17)12-19/h4-9,11,15H,10,13H2,1-3H3. The number of nitriles is 1. The molecule has 2 aromatic rings. The second kappa shape index (κ2) is 7.01. The molecular weight excluding hydrogens is 258 g/mol. The second-order valence-electron chi connectivity index (χ2n) is 5.60. The van der Waals surface area contributed by atoms with Gasteiger partial charge in [-0.1, -0.05) is 12.1 Å². The van der Waals surface area contributed by atoms with Gasteiger partial charge < -0.3 is 0 Å². The summed E-state index contributed by atoms with van der Waals surface area (Å²) in [7, 11) is 2.11. The van der Waals surface area contributed by atoms with E-state index in [0.29, 0.717) is 11.6 Å². The number of hydrogen-bond donors (Lipinski definition) is 0. The molecule has 0 saturated carbocycles. The van der Waals surface area contributed by atoms with Crippen molar-refractivity contribution in [2.75, 3.05) is 7.05 Å². The molecule has 108 valence electrons. The number of hydrogen-bond acceptors (Lipinski definition) is 3. The van der Waals surface area contributed by atoms with Crippen molar-refractivity contribution < 1.29 is 0 Å². The van der Waals surface area contributed by atoms with E-state index in [-0.39, 0.29) is 0 Å². The average molecular weight is 279 g/mol. The quantitative estimate of drug-likeness (QED) is 0.843. The van der Waals surface area contributed by atoms with Crippen LogP contribution in [0.25, 0.3) is 0 Å². The lowest BCUT2D eigenvalue weighted by Gasteiger charge is -2.24. The van der Waals surface area contributed by atoms with Crippen LogP contribution in [0.4, 0.5) is 0 Å². The molecule has 2 rings (SSSR count). The fourth-order valence-electron chi connectivity index (χ4n) is 2.35. The van der Waals surface area contributed by atoms with E-state index in [9.17, 15) is 0 Å². The van der Waals surface area contributed by atoms with Gasteiger partial charge in [0.2, 0.25) is 0 Å². The maximum atomic E-state index is 8.95. The Kier molecular flexibility index (Phi) is 5.08. The SMILES string of the molecule is Cc1ccnc(CC(C)N(C)Cc2cccc(C#N)c2)c1. The van der Waals surface area contributed by atoms with Crippen molar-refractivity contribution in [3.63, 3.8) is 0 Å². The smallest absolute Gasteiger partial charge is 0.0991 e. The Morgan fingerprint density at radius 2 is 2.10 bits per heavy atom. The lowest BCUT2D eigenvalue weighted by Crippen LogP contribution is -2.30. The summed E-state index contributed by atoms with van der Waals surface area (Å²) in [5.41, 5.74) is 4.26. The molecule has 1 aromatic carbocycles. The highest BCUT2D eigenvalue weighted by Crippen LogP contribution is 2.12. The second-order valence-corrected chi connectivity index (χ2v) is 5.60. The van der Waals surface area contributed by atoms with Crippen LogP contribution in [0.15, 0.2) is 42.6 Å². The summed E-state index contributed by atoms with van der Waals surface area (Å²) in [6, 6.07) is 14.5. The van der Waals surface area contributed by atoms with E-state index >= 15 is 0 Å². The van der Waals surface area contributed by atoms with Crippen molar-refractivity contribution in [3.8, 4) is 6.07 Å². The summed E-state index contributed by atoms with van der Waals surface area (Å²) in [6.45, 7) is 5.13. The summed E-state index contributed by atoms with van der Waals surface area (Å²) < 4.78 is 0. The Morgan fingerprint density at radius 3 is 2.81 bits per heavy atom. The Morgan fingerprint density at radius 1 is 1.29 bits per heavy atom. The van der Waals surface area contributed by atoms with Gasteiger partial charge in [-0.2, -0.15) is 5.26 Å². The van der Waals surface area contributed by atoms with Crippen LogP contribution in [0.5, 0.6) is 0 Å². The zero-order chi connectivity index (χ0) is 15.2. The fourth-order valence-corrected chi connectivity index (χ4v) is 2.35. The monoisotopic (exact) mass is 279 g/mol. The Labute approximate surface area is 126 Å². The largest absolute Gasteiger partial charge is 0.299 e. The summed E-state index contributed by atoms with van der Waals surface area (Å²) in [5.74, 6) is 0. The van der Waals surface area contributed by atoms with Crippen LogP contribution in [0.1, 0.15) is 29.3 Å². The molecule has 0 fully saturated rings. The predicted molar refractivity (Wildman–Crippen MR) is 84.8 cm³/mol. The lowest BCUT2D eigenvalue weighted by atomic mass is 10.1. The minimum Gasteiger partial charge on any atom is -0.299 e. The fraction of sp³-hybridized carbons (Fsp3) is 0.333. The molecule has 3 nitrogen and oxygen atoms in total. The maximum absolute atomic E-state index is 8.95. The molecule has 3 heteroatoms. The topological polar surface area (TPSA) is 39.9 Å². The first-order chi connectivity index (χ1) is 10.1. The predicted octanol–water partition coefficient (Wildman–Crippen LogP) is 3.32. The van der Waals surface area contributed by atoms with Crippen LogP contribution in [-0.2, 0) is 13.0 Å². The third kappa shape index (κ3) is 4.40. The van der Waals surface area contributed by atoms with Gasteiger partial charge in [-0.15, -0.1) is 0 Å². The van der Waals surface area contributed by atoms with Gasteiger partial charge in [0, 0.05) is 30.9 Å². The van der Waals surface area contributed by atoms with E-state index in [1.165, 1.54) is 11.1 Å². The van der Waals surface area contributed by atoms with Crippen molar-refractivity contribution in [3.05, 3.63) is 65.0 Å². The van der Waals surface area contributed by atoms with E-state index in [2.05, 4.69) is 49.0 Å². The molecule has 1 aromatic heterocycles. The average Bonchev–Trinajstić information content (AvgIpc) is 2.47. The van der Waals surface area contributed by atoms with Crippen molar-refractivity contribution in [2.24, 2.45) is 0 Å². The highest BCUT2D eigenvalue weighted by molar-refractivity contribution is 5.32. The zero-order valence-corrected chi connectivity index (χ0v) is 12.9. The first-order valence-corrected chi connectivity index (χ1v) is 7.19. The molecule has 1 unspecified atom stereocenters. The van der Waals surface area contributed by atoms with Gasteiger partial charge in [-0.3, -0.25) is 9.88 Å². The van der Waals surface area contributed by atoms with Gasteiger partial charge in [0.15, 0.2) is 0 Å². The molecule has 0 aliphatic heterocycles. The van der Waals surface area contributed by atoms with E-state index < -0.39 is 0 Å². The van der Waals surface area contributed by atoms with Crippen LogP contribution < -0.4 is 0 Å². The van der Waals surface area contributed by atoms with Crippen LogP contribution in [-0.4, -0.2) is 23.0 Å². The molecule has 0 aliphatic rings. The molecular formula is C18H21N3. The number of nitrogens with zero attached hydrogens (tertiary/aromatic N) is 3. The van der Waals surface area contributed by atoms with Crippen LogP contribution in [0, 0.1) is 18.3 Å². The van der Waals surface area contributed by atoms with Gasteiger partial charge in [-0.05, 0) is 56.3 Å². The molecule has 0 aliphatic carbocycles. The Bertz CT molecular complexity index is 643. The molecule has 1 heterocycles. The van der Waals surface area contributed by atoms with Gasteiger partial charge in [0.25, 0.3) is 0 Å². The van der Waals surface area contributed by atoms with Gasteiger partial charge in [0.05, 0.1) is 11.6 Å². The normalized spacial score (nSPS) is 12.1. The van der Waals surface area contributed by atoms with Gasteiger partial charge >= 0.3 is 0 Å². The minimum atomic E-state index is 0.394. The molecule has 0 radical (unpaired) electrons. The maximum Gasteiger partial charge on any atom is 0.0991 e. The van der Waals surface area contributed by atoms with Crippen LogP contribution in [0.2, 0.25) is 0 Å². The molecule has 0 N–H and O–H groups in total. The molecule has 0 bridgehead atoms. The van der Waals surface area contributed by atoms with Crippen molar-refractivity contribution in [1.29, 1.82) is 5.26 Å². The molecule has 1 atom stereocenters. The number of pyridine rings is 1. The van der Waals surface area contributed by atoms with E-state index in [1.54, 1.807) is 0 Å². The number of aryl methyl sites for hydroxylation is 1. The first kappa shape index (κ1) is 15.2. The van der Waals surface area contributed by atoms with E-state index in [4.69, 9.17) is 5.26 Å². The third-order valence-electron chi connectivity index (χ3n) is 3.72. The van der Waals surface area contributed by atoms with Crippen LogP contribution >= 0.6 is 0 Å². The molecule has 0 saturated heterocycles. The van der Waals surface area contributed by atoms with Gasteiger partial charge in [0.1, 0.15) is 0 Å². The van der Waals surface area contributed by atoms with Crippen LogP contribution in [0.3, 0.4) is 0 Å². The highest BCUT2D eigenvalue weighted by atomic mass is 15.1. The first-order valence-electron chi connectivity index (χ1n) is 7.19. The summed E-state index contributed by atoms with van der Waals surface area (Å²) in [6.07, 6.45) is 2.80. The molecule has 0 spiro atoms. The molecule has 21 heavy (non-hydrogen) atoms. The zero-order valence-electron chi connectivity index (χ0n) is 12.9. The van der Waals surface area contributed by atoms with Crippen molar-refractivity contribution in [1.82, 2.24) is 9.88 Å². The number of likely N-dealkylation sites (N-methyl/N-ethyl adjacent to an activating group) is 1. The lowest BCUT2D eigenvalue weighted by molar-refractivity contribution is 0.247. The van der Waals surface area contributed by atoms with E-state index in [1.807, 2.05) is 30.5 Å². The Hall–Kier alpha value is -2.18. The number of aromatic nitrogens is 1.